The van der Waals surface area contributed by atoms with Crippen molar-refractivity contribution in [1.82, 2.24) is 10.2 Å². The Morgan fingerprint density at radius 2 is 2.11 bits per heavy atom. The van der Waals surface area contributed by atoms with Gasteiger partial charge in [-0.1, -0.05) is 0 Å². The van der Waals surface area contributed by atoms with Crippen LogP contribution in [0, 0.1) is 0 Å². The van der Waals surface area contributed by atoms with Crippen molar-refractivity contribution < 1.29 is 32.6 Å². The number of allylic oxidation sites excluding steroid dienone is 1. The van der Waals surface area contributed by atoms with Crippen LogP contribution in [0.3, 0.4) is 0 Å². The molecule has 0 unspecified atom stereocenters. The van der Waals surface area contributed by atoms with Crippen LogP contribution in [-0.2, 0) is 9.53 Å². The number of rotatable bonds is 4. The zero-order valence-electron chi connectivity index (χ0n) is 9.92. The van der Waals surface area contributed by atoms with E-state index in [4.69, 9.17) is 9.84 Å². The molecule has 0 spiro atoms. The Hall–Kier alpha value is -1.61. The summed E-state index contributed by atoms with van der Waals surface area (Å²) >= 11 is 0. The topological polar surface area (TPSA) is 78.9 Å². The van der Waals surface area contributed by atoms with Gasteiger partial charge in [-0.15, -0.1) is 0 Å². The summed E-state index contributed by atoms with van der Waals surface area (Å²) in [6.45, 7) is -0.792. The van der Waals surface area contributed by atoms with Crippen LogP contribution in [0.15, 0.2) is 12.0 Å². The van der Waals surface area contributed by atoms with E-state index in [1.54, 1.807) is 0 Å². The van der Waals surface area contributed by atoms with Crippen LogP contribution in [0.2, 0.25) is 0 Å². The van der Waals surface area contributed by atoms with E-state index in [2.05, 4.69) is 5.32 Å². The quantitative estimate of drug-likeness (QED) is 0.563. The molecule has 4 atom stereocenters. The van der Waals surface area contributed by atoms with Crippen molar-refractivity contribution >= 4 is 12.3 Å². The number of amides is 2. The Balaban J connectivity index is 2.99. The van der Waals surface area contributed by atoms with Crippen molar-refractivity contribution in [3.05, 3.63) is 12.0 Å². The number of ether oxygens (including phenoxy) is 1. The van der Waals surface area contributed by atoms with E-state index in [1.165, 1.54) is 7.05 Å². The molecule has 0 radical (unpaired) electrons. The Kier molecular flexibility index (Phi) is 5.31. The third kappa shape index (κ3) is 3.24. The molecule has 0 aromatic heterocycles. The van der Waals surface area contributed by atoms with Gasteiger partial charge in [-0.2, -0.15) is 0 Å². The number of alkyl halides is 2. The molecule has 1 fully saturated rings. The SMILES string of the molecule is CNC(=O)N(/C=C(/F)C=O)[C@@H]1O[C@H](CO)[C@@H](F)[C@H]1F. The van der Waals surface area contributed by atoms with Crippen molar-refractivity contribution in [2.24, 2.45) is 0 Å². The highest BCUT2D eigenvalue weighted by molar-refractivity contribution is 5.77. The molecular weight excluding hydrogens is 269 g/mol. The van der Waals surface area contributed by atoms with Gasteiger partial charge in [-0.3, -0.25) is 9.69 Å². The summed E-state index contributed by atoms with van der Waals surface area (Å²) in [4.78, 5) is 22.0. The molecule has 2 amide bonds. The standard InChI is InChI=1S/C10H13F3N2O4/c1-14-10(18)15(2-5(11)3-16)9-8(13)7(12)6(4-17)19-9/h2-3,6-9,17H,4H2,1H3,(H,14,18)/b5-2+/t6-,7-,8-,9-/m1/s1. The van der Waals surface area contributed by atoms with Gasteiger partial charge in [-0.25, -0.2) is 18.0 Å². The maximum absolute atomic E-state index is 13.6. The number of carbonyl (C=O) groups excluding carboxylic acids is 2. The highest BCUT2D eigenvalue weighted by atomic mass is 19.2. The number of aldehydes is 1. The van der Waals surface area contributed by atoms with Gasteiger partial charge >= 0.3 is 6.03 Å². The predicted molar refractivity (Wildman–Crippen MR) is 57.1 cm³/mol. The number of nitrogens with one attached hydrogen (secondary N) is 1. The largest absolute Gasteiger partial charge is 0.394 e. The first kappa shape index (κ1) is 15.4. The number of hydrogen-bond donors (Lipinski definition) is 2. The van der Waals surface area contributed by atoms with E-state index in [9.17, 15) is 22.8 Å². The molecule has 0 aromatic carbocycles. The fraction of sp³-hybridized carbons (Fsp3) is 0.600. The molecule has 9 heteroatoms. The van der Waals surface area contributed by atoms with E-state index >= 15 is 0 Å². The van der Waals surface area contributed by atoms with Crippen molar-refractivity contribution in [2.45, 2.75) is 24.7 Å². The summed E-state index contributed by atoms with van der Waals surface area (Å²) in [5.41, 5.74) is 0. The maximum Gasteiger partial charge on any atom is 0.323 e. The molecule has 1 rings (SSSR count). The molecule has 0 aliphatic carbocycles. The summed E-state index contributed by atoms with van der Waals surface area (Å²) in [6, 6.07) is -0.990. The minimum Gasteiger partial charge on any atom is -0.394 e. The van der Waals surface area contributed by atoms with E-state index in [1.807, 2.05) is 0 Å². The first-order valence-electron chi connectivity index (χ1n) is 5.33. The van der Waals surface area contributed by atoms with Gasteiger partial charge in [0.2, 0.25) is 0 Å². The number of carbonyl (C=O) groups is 2. The second-order valence-corrected chi connectivity index (χ2v) is 3.73. The van der Waals surface area contributed by atoms with Crippen LogP contribution < -0.4 is 5.32 Å². The Morgan fingerprint density at radius 3 is 2.53 bits per heavy atom. The smallest absolute Gasteiger partial charge is 0.323 e. The zero-order valence-corrected chi connectivity index (χ0v) is 9.92. The molecule has 1 aliphatic rings. The van der Waals surface area contributed by atoms with Crippen molar-refractivity contribution in [3.63, 3.8) is 0 Å². The first-order valence-corrected chi connectivity index (χ1v) is 5.33. The zero-order chi connectivity index (χ0) is 14.6. The maximum atomic E-state index is 13.6. The molecule has 0 aromatic rings. The molecule has 6 nitrogen and oxygen atoms in total. The van der Waals surface area contributed by atoms with E-state index in [0.29, 0.717) is 11.1 Å². The number of urea groups is 1. The monoisotopic (exact) mass is 282 g/mol. The second-order valence-electron chi connectivity index (χ2n) is 3.73. The van der Waals surface area contributed by atoms with Gasteiger partial charge in [0, 0.05) is 7.05 Å². The van der Waals surface area contributed by atoms with Crippen molar-refractivity contribution in [1.29, 1.82) is 0 Å². The van der Waals surface area contributed by atoms with Crippen LogP contribution in [0.1, 0.15) is 0 Å². The lowest BCUT2D eigenvalue weighted by atomic mass is 10.2. The number of hydrogen-bond acceptors (Lipinski definition) is 4. The molecule has 1 heterocycles. The van der Waals surface area contributed by atoms with Crippen molar-refractivity contribution in [3.8, 4) is 0 Å². The van der Waals surface area contributed by atoms with Gasteiger partial charge < -0.3 is 15.2 Å². The number of halogens is 3. The summed E-state index contributed by atoms with van der Waals surface area (Å²) < 4.78 is 44.7. The molecule has 0 bridgehead atoms. The highest BCUT2D eigenvalue weighted by Gasteiger charge is 2.49. The average molecular weight is 282 g/mol. The molecule has 0 saturated carbocycles. The summed E-state index contributed by atoms with van der Waals surface area (Å²) in [5.74, 6) is -1.36. The normalized spacial score (nSPS) is 31.1. The summed E-state index contributed by atoms with van der Waals surface area (Å²) in [6.07, 6.45) is -7.46. The lowest BCUT2D eigenvalue weighted by Crippen LogP contribution is -2.46. The van der Waals surface area contributed by atoms with Gasteiger partial charge in [0.25, 0.3) is 0 Å². The second kappa shape index (κ2) is 6.53. The highest BCUT2D eigenvalue weighted by Crippen LogP contribution is 2.29. The average Bonchev–Trinajstić information content (AvgIpc) is 2.71. The molecule has 2 N–H and O–H groups in total. The minimum absolute atomic E-state index is 0.200. The number of nitrogens with zero attached hydrogens (tertiary/aromatic N) is 1. The van der Waals surface area contributed by atoms with Crippen molar-refractivity contribution in [2.75, 3.05) is 13.7 Å². The third-order valence-electron chi connectivity index (χ3n) is 2.52. The Labute approximate surface area is 106 Å². The number of aliphatic hydroxyl groups excluding tert-OH is 1. The van der Waals surface area contributed by atoms with E-state index < -0.39 is 43.1 Å². The lowest BCUT2D eigenvalue weighted by molar-refractivity contribution is -0.106. The Bertz CT molecular complexity index is 380. The van der Waals surface area contributed by atoms with E-state index in [-0.39, 0.29) is 6.29 Å². The molecule has 19 heavy (non-hydrogen) atoms. The minimum atomic E-state index is -2.27. The molecular formula is C10H13F3N2O4. The third-order valence-corrected chi connectivity index (χ3v) is 2.52. The Morgan fingerprint density at radius 1 is 1.47 bits per heavy atom. The van der Waals surface area contributed by atoms with E-state index in [0.717, 1.165) is 0 Å². The van der Waals surface area contributed by atoms with Crippen LogP contribution >= 0.6 is 0 Å². The van der Waals surface area contributed by atoms with Gasteiger partial charge in [0.05, 0.1) is 12.8 Å². The lowest BCUT2D eigenvalue weighted by Gasteiger charge is -2.25. The molecule has 108 valence electrons. The first-order chi connectivity index (χ1) is 8.96. The van der Waals surface area contributed by atoms with Gasteiger partial charge in [0.15, 0.2) is 30.7 Å². The summed E-state index contributed by atoms with van der Waals surface area (Å²) in [7, 11) is 1.18. The van der Waals surface area contributed by atoms with Crippen LogP contribution in [0.25, 0.3) is 0 Å². The van der Waals surface area contributed by atoms with Gasteiger partial charge in [-0.05, 0) is 0 Å². The number of aliphatic hydroxyl groups is 1. The predicted octanol–water partition coefficient (Wildman–Crippen LogP) is 0.0310. The molecule has 1 saturated heterocycles. The van der Waals surface area contributed by atoms with Gasteiger partial charge in [0.1, 0.15) is 6.10 Å². The fourth-order valence-electron chi connectivity index (χ4n) is 1.59. The summed E-state index contributed by atoms with van der Waals surface area (Å²) in [5, 5.41) is 10.8. The van der Waals surface area contributed by atoms with Crippen LogP contribution in [0.5, 0.6) is 0 Å². The van der Waals surface area contributed by atoms with Crippen LogP contribution in [-0.4, -0.2) is 60.7 Å². The molecule has 1 aliphatic heterocycles. The van der Waals surface area contributed by atoms with Crippen LogP contribution in [0.4, 0.5) is 18.0 Å². The fourth-order valence-corrected chi connectivity index (χ4v) is 1.59.